The highest BCUT2D eigenvalue weighted by atomic mass is 16.5. The van der Waals surface area contributed by atoms with Gasteiger partial charge in [-0.1, -0.05) is 6.08 Å². The van der Waals surface area contributed by atoms with E-state index in [-0.39, 0.29) is 0 Å². The molecule has 5 nitrogen and oxygen atoms in total. The van der Waals surface area contributed by atoms with Gasteiger partial charge in [0, 0.05) is 11.8 Å². The number of ether oxygens (including phenoxy) is 1. The maximum Gasteiger partial charge on any atom is 0.332 e. The number of hydrogen-bond donors (Lipinski definition) is 2. The minimum Gasteiger partial charge on any atom is -0.479 e. The third-order valence-corrected chi connectivity index (χ3v) is 1.42. The Morgan fingerprint density at radius 3 is 2.50 bits per heavy atom. The van der Waals surface area contributed by atoms with Gasteiger partial charge in [-0.05, 0) is 6.92 Å². The normalized spacial score (nSPS) is 12.9. The van der Waals surface area contributed by atoms with Gasteiger partial charge in [-0.15, -0.1) is 6.58 Å². The fraction of sp³-hybridized carbons (Fsp3) is 0.333. The Labute approximate surface area is 82.1 Å². The number of carboxylic acids is 1. The highest BCUT2D eigenvalue weighted by molar-refractivity contribution is 5.83. The van der Waals surface area contributed by atoms with Crippen LogP contribution in [0.3, 0.4) is 0 Å². The van der Waals surface area contributed by atoms with Crippen LogP contribution in [0, 0.1) is 0 Å². The largest absolute Gasteiger partial charge is 0.479 e. The van der Waals surface area contributed by atoms with Crippen molar-refractivity contribution in [1.29, 1.82) is 0 Å². The zero-order valence-corrected chi connectivity index (χ0v) is 8.11. The van der Waals surface area contributed by atoms with Gasteiger partial charge in [0.2, 0.25) is 0 Å². The summed E-state index contributed by atoms with van der Waals surface area (Å²) in [5.74, 6) is -1.60. The molecule has 1 atom stereocenters. The predicted molar refractivity (Wildman–Crippen MR) is 50.5 cm³/mol. The van der Waals surface area contributed by atoms with Crippen LogP contribution in [0.15, 0.2) is 24.4 Å². The van der Waals surface area contributed by atoms with Gasteiger partial charge >= 0.3 is 11.9 Å². The Bertz CT molecular complexity index is 270. The summed E-state index contributed by atoms with van der Waals surface area (Å²) in [6.45, 7) is 4.91. The summed E-state index contributed by atoms with van der Waals surface area (Å²) in [4.78, 5) is 21.3. The van der Waals surface area contributed by atoms with Crippen LogP contribution in [-0.2, 0) is 14.3 Å². The van der Waals surface area contributed by atoms with E-state index in [1.165, 1.54) is 19.3 Å². The van der Waals surface area contributed by atoms with E-state index in [0.717, 1.165) is 0 Å². The molecule has 14 heavy (non-hydrogen) atoms. The minimum atomic E-state index is -1.06. The SMILES string of the molecule is C=C[C@@H](NC(C)=CC(=O)OC)C(=O)O. The van der Waals surface area contributed by atoms with Crippen LogP contribution in [0.1, 0.15) is 6.92 Å². The molecule has 2 N–H and O–H groups in total. The van der Waals surface area contributed by atoms with E-state index >= 15 is 0 Å². The summed E-state index contributed by atoms with van der Waals surface area (Å²) in [6.07, 6.45) is 2.40. The smallest absolute Gasteiger partial charge is 0.332 e. The van der Waals surface area contributed by atoms with Gasteiger partial charge in [0.1, 0.15) is 6.04 Å². The molecular weight excluding hydrogens is 186 g/mol. The quantitative estimate of drug-likeness (QED) is 0.378. The molecule has 0 aromatic carbocycles. The first-order chi connectivity index (χ1) is 6.51. The molecule has 5 heteroatoms. The first-order valence-electron chi connectivity index (χ1n) is 3.89. The summed E-state index contributed by atoms with van der Waals surface area (Å²) in [7, 11) is 1.24. The lowest BCUT2D eigenvalue weighted by molar-refractivity contribution is -0.138. The van der Waals surface area contributed by atoms with E-state index < -0.39 is 18.0 Å². The Balaban J connectivity index is 4.35. The van der Waals surface area contributed by atoms with Crippen LogP contribution in [0.25, 0.3) is 0 Å². The third-order valence-electron chi connectivity index (χ3n) is 1.42. The van der Waals surface area contributed by atoms with Crippen LogP contribution in [0.4, 0.5) is 0 Å². The van der Waals surface area contributed by atoms with Crippen molar-refractivity contribution in [1.82, 2.24) is 5.32 Å². The molecule has 0 saturated carbocycles. The molecule has 0 fully saturated rings. The van der Waals surface area contributed by atoms with Crippen molar-refractivity contribution in [2.45, 2.75) is 13.0 Å². The highest BCUT2D eigenvalue weighted by Gasteiger charge is 2.12. The van der Waals surface area contributed by atoms with E-state index in [0.29, 0.717) is 5.70 Å². The molecule has 0 aliphatic carbocycles. The highest BCUT2D eigenvalue weighted by Crippen LogP contribution is 1.94. The monoisotopic (exact) mass is 199 g/mol. The maximum atomic E-state index is 10.8. The fourth-order valence-electron chi connectivity index (χ4n) is 0.744. The molecule has 0 bridgehead atoms. The number of allylic oxidation sites excluding steroid dienone is 1. The van der Waals surface area contributed by atoms with E-state index in [2.05, 4.69) is 16.6 Å². The lowest BCUT2D eigenvalue weighted by Crippen LogP contribution is -2.33. The van der Waals surface area contributed by atoms with Crippen molar-refractivity contribution >= 4 is 11.9 Å². The van der Waals surface area contributed by atoms with Crippen molar-refractivity contribution in [2.75, 3.05) is 7.11 Å². The van der Waals surface area contributed by atoms with E-state index in [1.54, 1.807) is 6.92 Å². The van der Waals surface area contributed by atoms with Crippen molar-refractivity contribution in [3.05, 3.63) is 24.4 Å². The number of hydrogen-bond acceptors (Lipinski definition) is 4. The van der Waals surface area contributed by atoms with Crippen molar-refractivity contribution in [2.24, 2.45) is 0 Å². The van der Waals surface area contributed by atoms with Gasteiger partial charge in [-0.3, -0.25) is 0 Å². The van der Waals surface area contributed by atoms with E-state index in [4.69, 9.17) is 5.11 Å². The molecule has 0 amide bonds. The second-order valence-corrected chi connectivity index (χ2v) is 2.55. The Hall–Kier alpha value is -1.78. The predicted octanol–water partition coefficient (Wildman–Crippen LogP) is 0.292. The summed E-state index contributed by atoms with van der Waals surface area (Å²) in [6, 6.07) is -0.907. The van der Waals surface area contributed by atoms with Crippen LogP contribution < -0.4 is 5.32 Å². The molecule has 0 aromatic heterocycles. The fourth-order valence-corrected chi connectivity index (χ4v) is 0.744. The molecule has 0 spiro atoms. The minimum absolute atomic E-state index is 0.407. The molecule has 0 radical (unpaired) electrons. The third kappa shape index (κ3) is 4.30. The number of nitrogens with one attached hydrogen (secondary N) is 1. The number of rotatable bonds is 5. The van der Waals surface area contributed by atoms with Gasteiger partial charge < -0.3 is 15.2 Å². The van der Waals surface area contributed by atoms with Gasteiger partial charge in [-0.2, -0.15) is 0 Å². The van der Waals surface area contributed by atoms with Crippen molar-refractivity contribution in [3.8, 4) is 0 Å². The van der Waals surface area contributed by atoms with Gasteiger partial charge in [0.05, 0.1) is 7.11 Å². The lowest BCUT2D eigenvalue weighted by Gasteiger charge is -2.10. The number of carbonyl (C=O) groups excluding carboxylic acids is 1. The number of aliphatic carboxylic acids is 1. The summed E-state index contributed by atoms with van der Waals surface area (Å²) < 4.78 is 4.37. The Morgan fingerprint density at radius 1 is 1.57 bits per heavy atom. The zero-order valence-electron chi connectivity index (χ0n) is 8.11. The molecule has 0 aliphatic rings. The second-order valence-electron chi connectivity index (χ2n) is 2.55. The molecule has 0 rings (SSSR count). The lowest BCUT2D eigenvalue weighted by atomic mass is 10.3. The summed E-state index contributed by atoms with van der Waals surface area (Å²) in [5.41, 5.74) is 0.407. The molecule has 78 valence electrons. The zero-order chi connectivity index (χ0) is 11.1. The topological polar surface area (TPSA) is 75.6 Å². The second kappa shape index (κ2) is 5.80. The van der Waals surface area contributed by atoms with Gasteiger partial charge in [0.25, 0.3) is 0 Å². The average Bonchev–Trinajstić information content (AvgIpc) is 2.13. The average molecular weight is 199 g/mol. The number of carbonyl (C=O) groups is 2. The van der Waals surface area contributed by atoms with Crippen LogP contribution >= 0.6 is 0 Å². The summed E-state index contributed by atoms with van der Waals surface area (Å²) >= 11 is 0. The number of carboxylic acid groups (broad SMARTS) is 1. The van der Waals surface area contributed by atoms with Crippen LogP contribution in [0.2, 0.25) is 0 Å². The Kier molecular flexibility index (Phi) is 5.06. The molecule has 0 saturated heterocycles. The van der Waals surface area contributed by atoms with Gasteiger partial charge in [0.15, 0.2) is 0 Å². The molecule has 0 unspecified atom stereocenters. The number of methoxy groups -OCH3 is 1. The van der Waals surface area contributed by atoms with Crippen molar-refractivity contribution in [3.63, 3.8) is 0 Å². The molecule has 0 aromatic rings. The van der Waals surface area contributed by atoms with Crippen molar-refractivity contribution < 1.29 is 19.4 Å². The van der Waals surface area contributed by atoms with Crippen LogP contribution in [0.5, 0.6) is 0 Å². The Morgan fingerprint density at radius 2 is 2.14 bits per heavy atom. The first-order valence-corrected chi connectivity index (χ1v) is 3.89. The van der Waals surface area contributed by atoms with Crippen LogP contribution in [-0.4, -0.2) is 30.2 Å². The molecule has 0 aliphatic heterocycles. The van der Waals surface area contributed by atoms with Gasteiger partial charge in [-0.25, -0.2) is 9.59 Å². The summed E-state index contributed by atoms with van der Waals surface area (Å²) in [5, 5.41) is 11.2. The van der Waals surface area contributed by atoms with E-state index in [1.807, 2.05) is 0 Å². The van der Waals surface area contributed by atoms with E-state index in [9.17, 15) is 9.59 Å². The maximum absolute atomic E-state index is 10.8. The molecule has 0 heterocycles. The standard InChI is InChI=1S/C9H13NO4/c1-4-7(9(12)13)10-6(2)5-8(11)14-3/h4-5,7,10H,1H2,2-3H3,(H,12,13)/t7-/m1/s1. The first kappa shape index (κ1) is 12.2. The number of esters is 1. The molecular formula is C9H13NO4.